The molecule has 0 saturated heterocycles. The van der Waals surface area contributed by atoms with E-state index in [4.69, 9.17) is 17.5 Å². The van der Waals surface area contributed by atoms with Gasteiger partial charge in [-0.05, 0) is 12.1 Å². The van der Waals surface area contributed by atoms with Crippen molar-refractivity contribution < 1.29 is 9.53 Å². The van der Waals surface area contributed by atoms with E-state index in [1.54, 1.807) is 0 Å². The van der Waals surface area contributed by atoms with E-state index < -0.39 is 5.97 Å². The molecule has 0 fully saturated rings. The van der Waals surface area contributed by atoms with Gasteiger partial charge in [0.05, 0.1) is 7.11 Å². The van der Waals surface area contributed by atoms with E-state index in [-0.39, 0.29) is 11.4 Å². The molecule has 0 aliphatic carbocycles. The normalized spacial score (nSPS) is 8.92. The fourth-order valence-electron chi connectivity index (χ4n) is 0.824. The van der Waals surface area contributed by atoms with Gasteiger partial charge in [0.1, 0.15) is 17.5 Å². The van der Waals surface area contributed by atoms with Crippen molar-refractivity contribution in [2.24, 2.45) is 0 Å². The molecule has 1 N–H and O–H groups in total. The Morgan fingerprint density at radius 1 is 1.69 bits per heavy atom. The molecular formula is C8H6N2O2S. The van der Waals surface area contributed by atoms with Crippen molar-refractivity contribution in [3.8, 4) is 6.07 Å². The molecule has 0 unspecified atom stereocenters. The number of rotatable bonds is 1. The Hall–Kier alpha value is -1.67. The Morgan fingerprint density at radius 3 is 2.92 bits per heavy atom. The minimum atomic E-state index is -0.539. The molecule has 0 spiro atoms. The standard InChI is InChI=1S/C8H6N2O2S/c1-12-8(11)7-3-6(13)2-5(4-9)10-7/h2-3H,1H3,(H,10,13). The summed E-state index contributed by atoms with van der Waals surface area (Å²) in [6.07, 6.45) is 0. The smallest absolute Gasteiger partial charge is 0.354 e. The molecule has 5 heteroatoms. The van der Waals surface area contributed by atoms with Gasteiger partial charge in [-0.15, -0.1) is 0 Å². The number of pyridine rings is 1. The first-order valence-electron chi connectivity index (χ1n) is 3.40. The molecule has 66 valence electrons. The number of aromatic amines is 1. The van der Waals surface area contributed by atoms with Crippen LogP contribution in [0.2, 0.25) is 0 Å². The molecule has 0 saturated carbocycles. The average molecular weight is 194 g/mol. The summed E-state index contributed by atoms with van der Waals surface area (Å²) >= 11 is 4.84. The molecule has 0 aliphatic heterocycles. The number of nitrogens with one attached hydrogen (secondary N) is 1. The van der Waals surface area contributed by atoms with Gasteiger partial charge in [0.2, 0.25) is 0 Å². The lowest BCUT2D eigenvalue weighted by Gasteiger charge is -1.99. The largest absolute Gasteiger partial charge is 0.464 e. The zero-order valence-corrected chi connectivity index (χ0v) is 7.64. The predicted octanol–water partition coefficient (Wildman–Crippen LogP) is 1.40. The summed E-state index contributed by atoms with van der Waals surface area (Å²) in [5.41, 5.74) is 0.430. The van der Waals surface area contributed by atoms with Crippen LogP contribution in [0.15, 0.2) is 12.1 Å². The highest BCUT2D eigenvalue weighted by Gasteiger charge is 2.06. The van der Waals surface area contributed by atoms with E-state index in [2.05, 4.69) is 9.72 Å². The summed E-state index contributed by atoms with van der Waals surface area (Å²) in [5.74, 6) is -0.539. The van der Waals surface area contributed by atoms with Gasteiger partial charge in [-0.3, -0.25) is 0 Å². The third kappa shape index (κ3) is 2.13. The molecule has 4 nitrogen and oxygen atoms in total. The molecule has 1 aromatic rings. The molecule has 1 aromatic heterocycles. The van der Waals surface area contributed by atoms with Gasteiger partial charge < -0.3 is 9.72 Å². The second-order valence-electron chi connectivity index (χ2n) is 2.25. The fraction of sp³-hybridized carbons (Fsp3) is 0.125. The maximum Gasteiger partial charge on any atom is 0.354 e. The Labute approximate surface area is 79.8 Å². The highest BCUT2D eigenvalue weighted by molar-refractivity contribution is 7.71. The van der Waals surface area contributed by atoms with Crippen molar-refractivity contribution in [3.63, 3.8) is 0 Å². The molecule has 0 radical (unpaired) electrons. The highest BCUT2D eigenvalue weighted by Crippen LogP contribution is 2.02. The Morgan fingerprint density at radius 2 is 2.38 bits per heavy atom. The molecule has 1 rings (SSSR count). The first-order chi connectivity index (χ1) is 6.17. The summed E-state index contributed by atoms with van der Waals surface area (Å²) in [6.45, 7) is 0. The number of hydrogen-bond acceptors (Lipinski definition) is 4. The minimum Gasteiger partial charge on any atom is -0.464 e. The van der Waals surface area contributed by atoms with Gasteiger partial charge in [-0.25, -0.2) is 4.79 Å². The number of carbonyl (C=O) groups is 1. The summed E-state index contributed by atoms with van der Waals surface area (Å²) < 4.78 is 4.89. The number of nitriles is 1. The van der Waals surface area contributed by atoms with E-state index in [0.29, 0.717) is 4.51 Å². The van der Waals surface area contributed by atoms with Crippen molar-refractivity contribution in [1.29, 1.82) is 5.26 Å². The third-order valence-electron chi connectivity index (χ3n) is 1.37. The monoisotopic (exact) mass is 194 g/mol. The van der Waals surface area contributed by atoms with Crippen LogP contribution in [-0.2, 0) is 4.74 Å². The lowest BCUT2D eigenvalue weighted by Crippen LogP contribution is -2.04. The van der Waals surface area contributed by atoms with E-state index in [9.17, 15) is 4.79 Å². The maximum atomic E-state index is 11.0. The second kappa shape index (κ2) is 3.83. The van der Waals surface area contributed by atoms with E-state index >= 15 is 0 Å². The molecule has 0 amide bonds. The van der Waals surface area contributed by atoms with E-state index in [0.717, 1.165) is 0 Å². The lowest BCUT2D eigenvalue weighted by atomic mass is 10.3. The van der Waals surface area contributed by atoms with Gasteiger partial charge >= 0.3 is 5.97 Å². The fourth-order valence-corrected chi connectivity index (χ4v) is 1.06. The van der Waals surface area contributed by atoms with Crippen LogP contribution in [0.4, 0.5) is 0 Å². The highest BCUT2D eigenvalue weighted by atomic mass is 32.1. The zero-order valence-electron chi connectivity index (χ0n) is 6.83. The summed E-state index contributed by atoms with van der Waals surface area (Å²) in [6, 6.07) is 4.78. The van der Waals surface area contributed by atoms with Crippen LogP contribution in [0, 0.1) is 15.8 Å². The van der Waals surface area contributed by atoms with Crippen molar-refractivity contribution in [1.82, 2.24) is 4.98 Å². The van der Waals surface area contributed by atoms with Crippen LogP contribution in [0.3, 0.4) is 0 Å². The van der Waals surface area contributed by atoms with Crippen molar-refractivity contribution in [2.75, 3.05) is 7.11 Å². The van der Waals surface area contributed by atoms with Gasteiger partial charge in [0.15, 0.2) is 0 Å². The lowest BCUT2D eigenvalue weighted by molar-refractivity contribution is 0.0594. The van der Waals surface area contributed by atoms with Gasteiger partial charge in [0, 0.05) is 4.51 Å². The zero-order chi connectivity index (χ0) is 9.84. The quantitative estimate of drug-likeness (QED) is 0.542. The SMILES string of the molecule is COC(=O)c1cc(=S)cc(C#N)[nH]1. The molecule has 13 heavy (non-hydrogen) atoms. The topological polar surface area (TPSA) is 65.9 Å². The average Bonchev–Trinajstić information content (AvgIpc) is 2.15. The molecular weight excluding hydrogens is 188 g/mol. The van der Waals surface area contributed by atoms with Crippen molar-refractivity contribution in [2.45, 2.75) is 0 Å². The van der Waals surface area contributed by atoms with Crippen LogP contribution < -0.4 is 0 Å². The number of methoxy groups -OCH3 is 1. The van der Waals surface area contributed by atoms with Crippen LogP contribution in [0.25, 0.3) is 0 Å². The van der Waals surface area contributed by atoms with Gasteiger partial charge in [0.25, 0.3) is 0 Å². The van der Waals surface area contributed by atoms with Crippen LogP contribution >= 0.6 is 12.2 Å². The van der Waals surface area contributed by atoms with Crippen LogP contribution in [0.5, 0.6) is 0 Å². The van der Waals surface area contributed by atoms with Crippen molar-refractivity contribution in [3.05, 3.63) is 28.0 Å². The minimum absolute atomic E-state index is 0.187. The summed E-state index contributed by atoms with van der Waals surface area (Å²) in [5, 5.41) is 8.56. The van der Waals surface area contributed by atoms with Gasteiger partial charge in [-0.2, -0.15) is 5.26 Å². The second-order valence-corrected chi connectivity index (χ2v) is 2.72. The van der Waals surface area contributed by atoms with Crippen LogP contribution in [-0.4, -0.2) is 18.1 Å². The molecule has 0 aromatic carbocycles. The third-order valence-corrected chi connectivity index (χ3v) is 1.60. The Balaban J connectivity index is 3.26. The Bertz CT molecular complexity index is 431. The first kappa shape index (κ1) is 9.42. The number of esters is 1. The number of nitrogens with zero attached hydrogens (tertiary/aromatic N) is 1. The number of H-pyrrole nitrogens is 1. The van der Waals surface area contributed by atoms with E-state index in [1.807, 2.05) is 6.07 Å². The number of ether oxygens (including phenoxy) is 1. The van der Waals surface area contributed by atoms with Crippen LogP contribution in [0.1, 0.15) is 16.2 Å². The first-order valence-corrected chi connectivity index (χ1v) is 3.81. The van der Waals surface area contributed by atoms with E-state index in [1.165, 1.54) is 19.2 Å². The molecule has 0 bridgehead atoms. The number of hydrogen-bond donors (Lipinski definition) is 1. The maximum absolute atomic E-state index is 11.0. The Kier molecular flexibility index (Phi) is 2.77. The number of aromatic nitrogens is 1. The van der Waals surface area contributed by atoms with Crippen molar-refractivity contribution >= 4 is 18.2 Å². The summed E-state index contributed by atoms with van der Waals surface area (Å²) in [7, 11) is 1.26. The molecule has 1 heterocycles. The van der Waals surface area contributed by atoms with Gasteiger partial charge in [-0.1, -0.05) is 12.2 Å². The molecule has 0 aliphatic rings. The predicted molar refractivity (Wildman–Crippen MR) is 47.7 cm³/mol. The number of carbonyl (C=O) groups excluding carboxylic acids is 1. The molecule has 0 atom stereocenters. The summed E-state index contributed by atoms with van der Waals surface area (Å²) in [4.78, 5) is 13.6.